The lowest BCUT2D eigenvalue weighted by Gasteiger charge is -2.11. The van der Waals surface area contributed by atoms with Gasteiger partial charge in [0.15, 0.2) is 0 Å². The molecule has 2 aromatic carbocycles. The van der Waals surface area contributed by atoms with E-state index in [1.807, 2.05) is 30.3 Å². The minimum atomic E-state index is -0.132. The Morgan fingerprint density at radius 2 is 1.96 bits per heavy atom. The van der Waals surface area contributed by atoms with Gasteiger partial charge in [-0.25, -0.2) is 4.98 Å². The van der Waals surface area contributed by atoms with Crippen LogP contribution >= 0.6 is 0 Å². The lowest BCUT2D eigenvalue weighted by atomic mass is 10.1. The second-order valence-corrected chi connectivity index (χ2v) is 7.10. The molecule has 6 heteroatoms. The van der Waals surface area contributed by atoms with Gasteiger partial charge in [0.2, 0.25) is 5.91 Å². The van der Waals surface area contributed by atoms with Gasteiger partial charge in [-0.3, -0.25) is 14.2 Å². The molecule has 28 heavy (non-hydrogen) atoms. The topological polar surface area (TPSA) is 73.2 Å². The summed E-state index contributed by atoms with van der Waals surface area (Å²) in [5.41, 5.74) is 2.17. The van der Waals surface area contributed by atoms with E-state index in [4.69, 9.17) is 4.74 Å². The van der Waals surface area contributed by atoms with Crippen LogP contribution in [-0.4, -0.2) is 22.6 Å². The molecule has 1 aliphatic heterocycles. The SMILES string of the molecule is COc1ccc(CC(=O)Nc2ccc3nc4n(c(=O)c3c2)CCCCC4)cc1. The predicted molar refractivity (Wildman–Crippen MR) is 109 cm³/mol. The molecular weight excluding hydrogens is 354 g/mol. The Balaban J connectivity index is 1.56. The maximum absolute atomic E-state index is 12.9. The molecule has 0 bridgehead atoms. The molecule has 0 fully saturated rings. The highest BCUT2D eigenvalue weighted by Crippen LogP contribution is 2.19. The summed E-state index contributed by atoms with van der Waals surface area (Å²) in [5.74, 6) is 1.49. The minimum Gasteiger partial charge on any atom is -0.497 e. The van der Waals surface area contributed by atoms with Crippen molar-refractivity contribution < 1.29 is 9.53 Å². The van der Waals surface area contributed by atoms with Crippen molar-refractivity contribution in [2.24, 2.45) is 0 Å². The molecule has 6 nitrogen and oxygen atoms in total. The number of rotatable bonds is 4. The summed E-state index contributed by atoms with van der Waals surface area (Å²) in [6.45, 7) is 0.713. The van der Waals surface area contributed by atoms with E-state index in [0.717, 1.165) is 42.8 Å². The normalized spacial score (nSPS) is 13.6. The van der Waals surface area contributed by atoms with Gasteiger partial charge in [0, 0.05) is 18.7 Å². The summed E-state index contributed by atoms with van der Waals surface area (Å²) in [6, 6.07) is 12.7. The van der Waals surface area contributed by atoms with Crippen LogP contribution in [0.25, 0.3) is 10.9 Å². The van der Waals surface area contributed by atoms with Gasteiger partial charge in [-0.15, -0.1) is 0 Å². The molecule has 1 amide bonds. The predicted octanol–water partition coefficient (Wildman–Crippen LogP) is 3.31. The van der Waals surface area contributed by atoms with Crippen molar-refractivity contribution in [3.63, 3.8) is 0 Å². The first-order valence-electron chi connectivity index (χ1n) is 9.60. The molecule has 2 heterocycles. The highest BCUT2D eigenvalue weighted by molar-refractivity contribution is 5.94. The van der Waals surface area contributed by atoms with Crippen LogP contribution < -0.4 is 15.6 Å². The highest BCUT2D eigenvalue weighted by Gasteiger charge is 2.14. The summed E-state index contributed by atoms with van der Waals surface area (Å²) in [6.07, 6.45) is 4.27. The molecule has 1 N–H and O–H groups in total. The van der Waals surface area contributed by atoms with Crippen LogP contribution in [0.15, 0.2) is 47.3 Å². The van der Waals surface area contributed by atoms with E-state index in [1.165, 1.54) is 0 Å². The molecule has 0 aliphatic carbocycles. The van der Waals surface area contributed by atoms with Crippen LogP contribution in [0.5, 0.6) is 5.75 Å². The zero-order chi connectivity index (χ0) is 19.5. The van der Waals surface area contributed by atoms with Gasteiger partial charge in [0.25, 0.3) is 5.56 Å². The van der Waals surface area contributed by atoms with E-state index in [-0.39, 0.29) is 17.9 Å². The van der Waals surface area contributed by atoms with Gasteiger partial charge < -0.3 is 10.1 Å². The molecular formula is C22H23N3O3. The van der Waals surface area contributed by atoms with Crippen molar-refractivity contribution in [3.05, 3.63) is 64.2 Å². The van der Waals surface area contributed by atoms with Crippen molar-refractivity contribution >= 4 is 22.5 Å². The van der Waals surface area contributed by atoms with Crippen molar-refractivity contribution in [1.82, 2.24) is 9.55 Å². The Kier molecular flexibility index (Phi) is 5.10. The number of hydrogen-bond donors (Lipinski definition) is 1. The average molecular weight is 377 g/mol. The number of carbonyl (C=O) groups excluding carboxylic acids is 1. The van der Waals surface area contributed by atoms with Crippen molar-refractivity contribution in [2.45, 2.75) is 38.6 Å². The molecule has 0 saturated heterocycles. The number of aryl methyl sites for hydroxylation is 1. The fourth-order valence-corrected chi connectivity index (χ4v) is 3.63. The fourth-order valence-electron chi connectivity index (χ4n) is 3.63. The molecule has 0 unspecified atom stereocenters. The highest BCUT2D eigenvalue weighted by atomic mass is 16.5. The maximum atomic E-state index is 12.9. The molecule has 1 aliphatic rings. The third-order valence-corrected chi connectivity index (χ3v) is 5.12. The number of benzene rings is 2. The van der Waals surface area contributed by atoms with E-state index in [1.54, 1.807) is 23.8 Å². The number of nitrogens with one attached hydrogen (secondary N) is 1. The van der Waals surface area contributed by atoms with Gasteiger partial charge in [0.1, 0.15) is 11.6 Å². The lowest BCUT2D eigenvalue weighted by molar-refractivity contribution is -0.115. The Morgan fingerprint density at radius 3 is 2.75 bits per heavy atom. The molecule has 0 spiro atoms. The summed E-state index contributed by atoms with van der Waals surface area (Å²) < 4.78 is 6.92. The summed E-state index contributed by atoms with van der Waals surface area (Å²) in [7, 11) is 1.61. The number of fused-ring (bicyclic) bond motifs is 2. The number of carbonyl (C=O) groups is 1. The van der Waals surface area contributed by atoms with E-state index >= 15 is 0 Å². The van der Waals surface area contributed by atoms with Crippen LogP contribution in [0.4, 0.5) is 5.69 Å². The van der Waals surface area contributed by atoms with E-state index < -0.39 is 0 Å². The van der Waals surface area contributed by atoms with Gasteiger partial charge in [-0.1, -0.05) is 18.6 Å². The van der Waals surface area contributed by atoms with Gasteiger partial charge >= 0.3 is 0 Å². The fraction of sp³-hybridized carbons (Fsp3) is 0.318. The molecule has 1 aromatic heterocycles. The largest absolute Gasteiger partial charge is 0.497 e. The van der Waals surface area contributed by atoms with Gasteiger partial charge in [0.05, 0.1) is 24.4 Å². The quantitative estimate of drug-likeness (QED) is 0.757. The number of ether oxygens (including phenoxy) is 1. The van der Waals surface area contributed by atoms with Crippen LogP contribution in [-0.2, 0) is 24.2 Å². The van der Waals surface area contributed by atoms with Crippen molar-refractivity contribution in [3.8, 4) is 5.75 Å². The summed E-state index contributed by atoms with van der Waals surface area (Å²) >= 11 is 0. The smallest absolute Gasteiger partial charge is 0.261 e. The standard InChI is InChI=1S/C22H23N3O3/c1-28-17-9-6-15(7-10-17)13-21(26)23-16-8-11-19-18(14-16)22(27)25-12-4-2-3-5-20(25)24-19/h6-11,14H,2-5,12-13H2,1H3,(H,23,26). The van der Waals surface area contributed by atoms with E-state index in [2.05, 4.69) is 10.3 Å². The number of aromatic nitrogens is 2. The Hall–Kier alpha value is -3.15. The summed E-state index contributed by atoms with van der Waals surface area (Å²) in [4.78, 5) is 30.0. The van der Waals surface area contributed by atoms with Crippen LogP contribution in [0.2, 0.25) is 0 Å². The number of anilines is 1. The average Bonchev–Trinajstić information content (AvgIpc) is 2.95. The molecule has 144 valence electrons. The lowest BCUT2D eigenvalue weighted by Crippen LogP contribution is -2.24. The molecule has 4 rings (SSSR count). The molecule has 0 saturated carbocycles. The van der Waals surface area contributed by atoms with E-state index in [9.17, 15) is 9.59 Å². The Morgan fingerprint density at radius 1 is 1.14 bits per heavy atom. The first kappa shape index (κ1) is 18.2. The maximum Gasteiger partial charge on any atom is 0.261 e. The molecule has 0 radical (unpaired) electrons. The Bertz CT molecular complexity index is 1070. The zero-order valence-corrected chi connectivity index (χ0v) is 15.9. The minimum absolute atomic E-state index is 0.0202. The van der Waals surface area contributed by atoms with Crippen LogP contribution in [0.3, 0.4) is 0 Å². The number of nitrogens with zero attached hydrogens (tertiary/aromatic N) is 2. The number of hydrogen-bond acceptors (Lipinski definition) is 4. The third-order valence-electron chi connectivity index (χ3n) is 5.12. The van der Waals surface area contributed by atoms with Crippen molar-refractivity contribution in [1.29, 1.82) is 0 Å². The first-order chi connectivity index (χ1) is 13.6. The second kappa shape index (κ2) is 7.84. The van der Waals surface area contributed by atoms with E-state index in [0.29, 0.717) is 23.1 Å². The number of methoxy groups -OCH3 is 1. The van der Waals surface area contributed by atoms with Gasteiger partial charge in [-0.05, 0) is 48.7 Å². The molecule has 0 atom stereocenters. The third kappa shape index (κ3) is 3.76. The zero-order valence-electron chi connectivity index (χ0n) is 15.9. The second-order valence-electron chi connectivity index (χ2n) is 7.10. The Labute approximate surface area is 163 Å². The summed E-state index contributed by atoms with van der Waals surface area (Å²) in [5, 5.41) is 3.43. The number of amides is 1. The first-order valence-corrected chi connectivity index (χ1v) is 9.60. The van der Waals surface area contributed by atoms with Crippen LogP contribution in [0.1, 0.15) is 30.7 Å². The van der Waals surface area contributed by atoms with Gasteiger partial charge in [-0.2, -0.15) is 0 Å². The molecule has 3 aromatic rings. The monoisotopic (exact) mass is 377 g/mol. The van der Waals surface area contributed by atoms with Crippen LogP contribution in [0, 0.1) is 0 Å². The van der Waals surface area contributed by atoms with Crippen molar-refractivity contribution in [2.75, 3.05) is 12.4 Å².